The van der Waals surface area contributed by atoms with Gasteiger partial charge in [-0.25, -0.2) is 0 Å². The lowest BCUT2D eigenvalue weighted by Gasteiger charge is -2.52. The Bertz CT molecular complexity index is 1070. The first kappa shape index (κ1) is 21.2. The number of aliphatic hydroxyl groups excluding tert-OH is 3. The van der Waals surface area contributed by atoms with Crippen LogP contribution in [-0.4, -0.2) is 81.7 Å². The van der Waals surface area contributed by atoms with Crippen molar-refractivity contribution in [3.05, 3.63) is 58.1 Å². The van der Waals surface area contributed by atoms with E-state index in [0.29, 0.717) is 11.1 Å². The average molecular weight is 428 g/mol. The summed E-state index contributed by atoms with van der Waals surface area (Å²) in [6.45, 7) is 0. The van der Waals surface area contributed by atoms with E-state index in [0.717, 1.165) is 0 Å². The maximum atomic E-state index is 13.3. The first-order valence-electron chi connectivity index (χ1n) is 9.90. The highest BCUT2D eigenvalue weighted by atomic mass is 16.4. The van der Waals surface area contributed by atoms with Gasteiger partial charge in [-0.1, -0.05) is 24.3 Å². The van der Waals surface area contributed by atoms with Gasteiger partial charge in [0.2, 0.25) is 5.78 Å². The molecule has 31 heavy (non-hydrogen) atoms. The Morgan fingerprint density at radius 1 is 1.19 bits per heavy atom. The molecule has 0 fully saturated rings. The standard InChI is InChI=1S/C22H24N2O7/c1-23-21(30)13-18(27)15(24(2)3)14-17(26)11-8-9-6-4-5-7-10(9)16(25)12(11)19(28)22(14,31)20(13)29/h4-7,11,14-15,17,26-28,31H,8H2,1-3H3,(H,23,30)/t11-,14-,15+,17+,22+/m1/s1. The summed E-state index contributed by atoms with van der Waals surface area (Å²) in [7, 11) is 4.34. The van der Waals surface area contributed by atoms with Crippen LogP contribution >= 0.6 is 0 Å². The predicted molar refractivity (Wildman–Crippen MR) is 108 cm³/mol. The molecule has 4 rings (SSSR count). The molecule has 1 aromatic rings. The third-order valence-electron chi connectivity index (χ3n) is 6.66. The summed E-state index contributed by atoms with van der Waals surface area (Å²) in [6.07, 6.45) is -1.26. The monoisotopic (exact) mass is 428 g/mol. The largest absolute Gasteiger partial charge is 0.510 e. The number of likely N-dealkylation sites (N-methyl/N-ethyl adjacent to an activating group) is 2. The molecular weight excluding hydrogens is 404 g/mol. The maximum absolute atomic E-state index is 13.3. The van der Waals surface area contributed by atoms with Crippen LogP contribution in [0.4, 0.5) is 0 Å². The zero-order valence-corrected chi connectivity index (χ0v) is 17.3. The summed E-state index contributed by atoms with van der Waals surface area (Å²) in [5, 5.41) is 47.0. The average Bonchev–Trinajstić information content (AvgIpc) is 2.73. The number of carbonyl (C=O) groups excluding carboxylic acids is 3. The van der Waals surface area contributed by atoms with Crippen LogP contribution in [0.3, 0.4) is 0 Å². The van der Waals surface area contributed by atoms with Crippen LogP contribution in [0.25, 0.3) is 0 Å². The van der Waals surface area contributed by atoms with Crippen LogP contribution < -0.4 is 5.32 Å². The second kappa shape index (κ2) is 7.01. The molecule has 5 N–H and O–H groups in total. The zero-order valence-electron chi connectivity index (χ0n) is 17.3. The van der Waals surface area contributed by atoms with Crippen LogP contribution in [-0.2, 0) is 16.0 Å². The van der Waals surface area contributed by atoms with Crippen molar-refractivity contribution < 1.29 is 34.8 Å². The molecule has 3 aliphatic carbocycles. The van der Waals surface area contributed by atoms with Crippen LogP contribution in [0, 0.1) is 11.8 Å². The number of aliphatic hydroxyl groups is 4. The molecule has 0 spiro atoms. The van der Waals surface area contributed by atoms with Crippen molar-refractivity contribution in [3.8, 4) is 0 Å². The van der Waals surface area contributed by atoms with Crippen LogP contribution in [0.2, 0.25) is 0 Å². The number of nitrogens with one attached hydrogen (secondary N) is 1. The van der Waals surface area contributed by atoms with Gasteiger partial charge < -0.3 is 25.7 Å². The van der Waals surface area contributed by atoms with Crippen molar-refractivity contribution in [1.29, 1.82) is 0 Å². The van der Waals surface area contributed by atoms with Crippen molar-refractivity contribution in [1.82, 2.24) is 10.2 Å². The Labute approximate surface area is 178 Å². The Balaban J connectivity index is 2.00. The Kier molecular flexibility index (Phi) is 4.80. The van der Waals surface area contributed by atoms with Gasteiger partial charge in [-0.05, 0) is 26.1 Å². The highest BCUT2D eigenvalue weighted by molar-refractivity contribution is 6.25. The summed E-state index contributed by atoms with van der Waals surface area (Å²) in [5.41, 5.74) is -2.73. The molecule has 0 saturated heterocycles. The number of carbonyl (C=O) groups is 3. The van der Waals surface area contributed by atoms with Crippen molar-refractivity contribution >= 4 is 17.5 Å². The van der Waals surface area contributed by atoms with Gasteiger partial charge in [0, 0.05) is 24.1 Å². The zero-order chi connectivity index (χ0) is 22.8. The third kappa shape index (κ3) is 2.63. The molecule has 0 radical (unpaired) electrons. The highest BCUT2D eigenvalue weighted by Gasteiger charge is 2.66. The van der Waals surface area contributed by atoms with Crippen LogP contribution in [0.15, 0.2) is 46.9 Å². The van der Waals surface area contributed by atoms with E-state index in [4.69, 9.17) is 0 Å². The van der Waals surface area contributed by atoms with E-state index in [1.165, 1.54) is 11.9 Å². The molecule has 1 amide bonds. The first-order chi connectivity index (χ1) is 14.6. The molecule has 0 aliphatic heterocycles. The van der Waals surface area contributed by atoms with E-state index in [1.807, 2.05) is 0 Å². The molecular formula is C22H24N2O7. The van der Waals surface area contributed by atoms with E-state index in [-0.39, 0.29) is 12.0 Å². The number of hydrogen-bond donors (Lipinski definition) is 5. The van der Waals surface area contributed by atoms with E-state index in [1.54, 1.807) is 38.4 Å². The van der Waals surface area contributed by atoms with Crippen molar-refractivity contribution in [2.24, 2.45) is 11.8 Å². The van der Waals surface area contributed by atoms with Gasteiger partial charge in [-0.3, -0.25) is 19.3 Å². The van der Waals surface area contributed by atoms with E-state index in [2.05, 4.69) is 5.32 Å². The highest BCUT2D eigenvalue weighted by Crippen LogP contribution is 2.51. The van der Waals surface area contributed by atoms with Gasteiger partial charge in [0.05, 0.1) is 18.1 Å². The number of hydrogen-bond acceptors (Lipinski definition) is 8. The molecule has 0 bridgehead atoms. The molecule has 0 saturated carbocycles. The van der Waals surface area contributed by atoms with Gasteiger partial charge in [-0.2, -0.15) is 0 Å². The quantitative estimate of drug-likeness (QED) is 0.402. The van der Waals surface area contributed by atoms with Gasteiger partial charge in [0.25, 0.3) is 5.91 Å². The predicted octanol–water partition coefficient (Wildman–Crippen LogP) is -0.353. The van der Waals surface area contributed by atoms with Crippen molar-refractivity contribution in [2.45, 2.75) is 24.2 Å². The number of rotatable bonds is 2. The summed E-state index contributed by atoms with van der Waals surface area (Å²) in [4.78, 5) is 40.3. The number of fused-ring (bicyclic) bond motifs is 3. The Morgan fingerprint density at radius 2 is 1.84 bits per heavy atom. The summed E-state index contributed by atoms with van der Waals surface area (Å²) >= 11 is 0. The minimum atomic E-state index is -2.75. The molecule has 3 aliphatic rings. The summed E-state index contributed by atoms with van der Waals surface area (Å²) in [5.74, 6) is -6.59. The lowest BCUT2D eigenvalue weighted by atomic mass is 9.57. The van der Waals surface area contributed by atoms with E-state index in [9.17, 15) is 34.8 Å². The van der Waals surface area contributed by atoms with Gasteiger partial charge in [-0.15, -0.1) is 0 Å². The number of nitrogens with zero attached hydrogens (tertiary/aromatic N) is 1. The van der Waals surface area contributed by atoms with Gasteiger partial charge in [0.15, 0.2) is 11.4 Å². The van der Waals surface area contributed by atoms with E-state index >= 15 is 0 Å². The lowest BCUT2D eigenvalue weighted by Crippen LogP contribution is -2.68. The Morgan fingerprint density at radius 3 is 2.45 bits per heavy atom. The molecule has 164 valence electrons. The van der Waals surface area contributed by atoms with Crippen LogP contribution in [0.1, 0.15) is 15.9 Å². The summed E-state index contributed by atoms with van der Waals surface area (Å²) < 4.78 is 0. The molecule has 0 heterocycles. The van der Waals surface area contributed by atoms with E-state index < -0.39 is 64.1 Å². The van der Waals surface area contributed by atoms with Crippen molar-refractivity contribution in [2.75, 3.05) is 21.1 Å². The molecule has 5 atom stereocenters. The third-order valence-corrected chi connectivity index (χ3v) is 6.66. The Hall–Kier alpha value is -3.01. The second-order valence-electron chi connectivity index (χ2n) is 8.42. The fraction of sp³-hybridized carbons (Fsp3) is 0.409. The lowest BCUT2D eigenvalue weighted by molar-refractivity contribution is -0.161. The molecule has 0 aromatic heterocycles. The number of Topliss-reactive ketones (excluding diaryl/α,β-unsaturated/α-hetero) is 2. The van der Waals surface area contributed by atoms with Gasteiger partial charge in [0.1, 0.15) is 17.1 Å². The number of ketones is 2. The fourth-order valence-electron chi connectivity index (χ4n) is 5.22. The topological polar surface area (TPSA) is 147 Å². The maximum Gasteiger partial charge on any atom is 0.258 e. The number of amides is 1. The first-order valence-corrected chi connectivity index (χ1v) is 9.90. The smallest absolute Gasteiger partial charge is 0.258 e. The minimum absolute atomic E-state index is 0.205. The number of benzene rings is 1. The SMILES string of the molecule is CNC(=O)C1=C(O)[C@@H](N(C)C)[C@@H]2[C@@H](O)[C@@H]3Cc4ccccc4C(=O)C3=C(O)[C@]2(O)C1=O. The normalized spacial score (nSPS) is 32.6. The second-order valence-corrected chi connectivity index (χ2v) is 8.42. The fourth-order valence-corrected chi connectivity index (χ4v) is 5.22. The van der Waals surface area contributed by atoms with Crippen LogP contribution in [0.5, 0.6) is 0 Å². The molecule has 9 nitrogen and oxygen atoms in total. The van der Waals surface area contributed by atoms with Gasteiger partial charge >= 0.3 is 0 Å². The summed E-state index contributed by atoms with van der Waals surface area (Å²) in [6, 6.07) is 5.56. The minimum Gasteiger partial charge on any atom is -0.510 e. The molecule has 0 unspecified atom stereocenters. The molecule has 1 aromatic carbocycles. The molecule has 9 heteroatoms. The van der Waals surface area contributed by atoms with Crippen molar-refractivity contribution in [3.63, 3.8) is 0 Å².